The third-order valence-electron chi connectivity index (χ3n) is 3.05. The Balaban J connectivity index is 2.39. The van der Waals surface area contributed by atoms with Crippen LogP contribution in [0, 0.1) is 13.8 Å². The highest BCUT2D eigenvalue weighted by Gasteiger charge is 2.13. The maximum absolute atomic E-state index is 5.16. The molecule has 0 radical (unpaired) electrons. The zero-order valence-corrected chi connectivity index (χ0v) is 13.9. The summed E-state index contributed by atoms with van der Waals surface area (Å²) < 4.78 is 8.31. The molecule has 0 amide bonds. The van der Waals surface area contributed by atoms with Crippen LogP contribution >= 0.6 is 15.9 Å². The highest BCUT2D eigenvalue weighted by molar-refractivity contribution is 9.10. The van der Waals surface area contributed by atoms with Gasteiger partial charge in [0.15, 0.2) is 0 Å². The van der Waals surface area contributed by atoms with Gasteiger partial charge in [-0.1, -0.05) is 12.1 Å². The van der Waals surface area contributed by atoms with Gasteiger partial charge in [-0.3, -0.25) is 4.57 Å². The molecule has 4 nitrogen and oxygen atoms in total. The molecule has 1 N–H and O–H groups in total. The molecule has 0 spiro atoms. The first-order valence-electron chi connectivity index (χ1n) is 6.60. The lowest BCUT2D eigenvalue weighted by molar-refractivity contribution is 0.190. The molecule has 1 atom stereocenters. The lowest BCUT2D eigenvalue weighted by atomic mass is 10.2. The minimum Gasteiger partial charge on any atom is -0.383 e. The average Bonchev–Trinajstić information content (AvgIpc) is 2.74. The number of rotatable bonds is 5. The van der Waals surface area contributed by atoms with Gasteiger partial charge < -0.3 is 10.1 Å². The lowest BCUT2D eigenvalue weighted by Crippen LogP contribution is -2.23. The van der Waals surface area contributed by atoms with Crippen molar-refractivity contribution in [1.29, 1.82) is 0 Å². The Hall–Kier alpha value is -1.33. The molecular weight excluding hydrogens is 318 g/mol. The van der Waals surface area contributed by atoms with Crippen molar-refractivity contribution < 1.29 is 4.74 Å². The second-order valence-electron chi connectivity index (χ2n) is 4.98. The number of halogens is 1. The maximum atomic E-state index is 5.16. The Labute approximate surface area is 128 Å². The number of hydrogen-bond donors (Lipinski definition) is 1. The number of nitrogens with zero attached hydrogens (tertiary/aromatic N) is 2. The lowest BCUT2D eigenvalue weighted by Gasteiger charge is -2.16. The van der Waals surface area contributed by atoms with Gasteiger partial charge >= 0.3 is 0 Å². The summed E-state index contributed by atoms with van der Waals surface area (Å²) in [5.41, 5.74) is 3.26. The van der Waals surface area contributed by atoms with Gasteiger partial charge in [0.1, 0.15) is 0 Å². The minimum atomic E-state index is 0.198. The van der Waals surface area contributed by atoms with Crippen LogP contribution in [0.3, 0.4) is 0 Å². The molecule has 5 heteroatoms. The third kappa shape index (κ3) is 3.22. The van der Waals surface area contributed by atoms with E-state index in [0.717, 1.165) is 21.8 Å². The summed E-state index contributed by atoms with van der Waals surface area (Å²) in [6.07, 6.45) is 2.03. The molecule has 1 unspecified atom stereocenters. The van der Waals surface area contributed by atoms with E-state index >= 15 is 0 Å². The molecule has 1 aromatic carbocycles. The molecule has 2 rings (SSSR count). The van der Waals surface area contributed by atoms with Crippen LogP contribution in [0.4, 0.5) is 5.95 Å². The summed E-state index contributed by atoms with van der Waals surface area (Å²) in [6, 6.07) is 6.40. The number of methoxy groups -OCH3 is 1. The summed E-state index contributed by atoms with van der Waals surface area (Å²) in [4.78, 5) is 4.56. The minimum absolute atomic E-state index is 0.198. The molecule has 108 valence electrons. The van der Waals surface area contributed by atoms with Crippen molar-refractivity contribution in [3.05, 3.63) is 40.1 Å². The van der Waals surface area contributed by atoms with E-state index in [0.29, 0.717) is 6.61 Å². The smallest absolute Gasteiger partial charge is 0.208 e. The summed E-state index contributed by atoms with van der Waals surface area (Å²) in [5, 5.41) is 3.38. The second kappa shape index (κ2) is 6.41. The zero-order valence-electron chi connectivity index (χ0n) is 12.3. The van der Waals surface area contributed by atoms with Crippen LogP contribution in [0.2, 0.25) is 0 Å². The maximum Gasteiger partial charge on any atom is 0.208 e. The van der Waals surface area contributed by atoms with Crippen LogP contribution in [0.5, 0.6) is 0 Å². The standard InChI is InChI=1S/C15H20BrN3O/c1-10-6-5-7-13(14(10)16)19-8-11(2)17-15(19)18-12(3)9-20-4/h5-8,12H,9H2,1-4H3,(H,17,18). The molecule has 0 aliphatic rings. The van der Waals surface area contributed by atoms with Gasteiger partial charge in [0, 0.05) is 23.8 Å². The Morgan fingerprint density at radius 1 is 1.40 bits per heavy atom. The second-order valence-corrected chi connectivity index (χ2v) is 5.78. The highest BCUT2D eigenvalue weighted by atomic mass is 79.9. The summed E-state index contributed by atoms with van der Waals surface area (Å²) in [5.74, 6) is 0.832. The molecule has 2 aromatic rings. The normalized spacial score (nSPS) is 12.4. The van der Waals surface area contributed by atoms with E-state index in [9.17, 15) is 0 Å². The summed E-state index contributed by atoms with van der Waals surface area (Å²) >= 11 is 3.66. The van der Waals surface area contributed by atoms with Gasteiger partial charge in [0.05, 0.1) is 18.0 Å². The Morgan fingerprint density at radius 3 is 2.85 bits per heavy atom. The fourth-order valence-electron chi connectivity index (χ4n) is 2.11. The molecule has 1 aromatic heterocycles. The van der Waals surface area contributed by atoms with Crippen LogP contribution in [-0.4, -0.2) is 29.3 Å². The van der Waals surface area contributed by atoms with Crippen molar-refractivity contribution in [2.45, 2.75) is 26.8 Å². The average molecular weight is 338 g/mol. The van der Waals surface area contributed by atoms with E-state index in [-0.39, 0.29) is 6.04 Å². The van der Waals surface area contributed by atoms with E-state index in [4.69, 9.17) is 4.74 Å². The van der Waals surface area contributed by atoms with Crippen molar-refractivity contribution in [3.63, 3.8) is 0 Å². The van der Waals surface area contributed by atoms with Crippen molar-refractivity contribution >= 4 is 21.9 Å². The number of hydrogen-bond acceptors (Lipinski definition) is 3. The van der Waals surface area contributed by atoms with E-state index in [1.165, 1.54) is 5.56 Å². The fraction of sp³-hybridized carbons (Fsp3) is 0.400. The SMILES string of the molecule is COCC(C)Nc1nc(C)cn1-c1cccc(C)c1Br. The monoisotopic (exact) mass is 337 g/mol. The van der Waals surface area contributed by atoms with Gasteiger partial charge in [-0.05, 0) is 48.3 Å². The topological polar surface area (TPSA) is 39.1 Å². The third-order valence-corrected chi connectivity index (χ3v) is 4.08. The number of aromatic nitrogens is 2. The Kier molecular flexibility index (Phi) is 4.83. The van der Waals surface area contributed by atoms with Crippen LogP contribution in [0.1, 0.15) is 18.2 Å². The zero-order chi connectivity index (χ0) is 14.7. The van der Waals surface area contributed by atoms with Crippen LogP contribution < -0.4 is 5.32 Å². The number of nitrogens with one attached hydrogen (secondary N) is 1. The number of ether oxygens (including phenoxy) is 1. The van der Waals surface area contributed by atoms with Crippen LogP contribution in [-0.2, 0) is 4.74 Å². The van der Waals surface area contributed by atoms with Gasteiger partial charge in [-0.25, -0.2) is 4.98 Å². The van der Waals surface area contributed by atoms with Gasteiger partial charge in [0.2, 0.25) is 5.95 Å². The number of anilines is 1. The largest absolute Gasteiger partial charge is 0.383 e. The first-order valence-corrected chi connectivity index (χ1v) is 7.39. The molecule has 0 saturated carbocycles. The van der Waals surface area contributed by atoms with Crippen molar-refractivity contribution in [2.24, 2.45) is 0 Å². The summed E-state index contributed by atoms with van der Waals surface area (Å²) in [7, 11) is 1.70. The molecule has 0 saturated heterocycles. The van der Waals surface area contributed by atoms with Gasteiger partial charge in [0.25, 0.3) is 0 Å². The predicted molar refractivity (Wildman–Crippen MR) is 85.7 cm³/mol. The highest BCUT2D eigenvalue weighted by Crippen LogP contribution is 2.27. The van der Waals surface area contributed by atoms with Crippen molar-refractivity contribution in [3.8, 4) is 5.69 Å². The summed E-state index contributed by atoms with van der Waals surface area (Å²) in [6.45, 7) is 6.79. The molecule has 0 aliphatic carbocycles. The first kappa shape index (κ1) is 15.1. The van der Waals surface area contributed by atoms with Gasteiger partial charge in [-0.2, -0.15) is 0 Å². The first-order chi connectivity index (χ1) is 9.52. The molecular formula is C15H20BrN3O. The van der Waals surface area contributed by atoms with Crippen LogP contribution in [0.25, 0.3) is 5.69 Å². The number of imidazole rings is 1. The number of aryl methyl sites for hydroxylation is 2. The van der Waals surface area contributed by atoms with E-state index in [1.54, 1.807) is 7.11 Å². The Morgan fingerprint density at radius 2 is 2.15 bits per heavy atom. The van der Waals surface area contributed by atoms with Gasteiger partial charge in [-0.15, -0.1) is 0 Å². The van der Waals surface area contributed by atoms with Crippen LogP contribution in [0.15, 0.2) is 28.9 Å². The predicted octanol–water partition coefficient (Wildman–Crippen LogP) is 3.70. The van der Waals surface area contributed by atoms with Crippen molar-refractivity contribution in [2.75, 3.05) is 19.0 Å². The molecule has 0 bridgehead atoms. The molecule has 20 heavy (non-hydrogen) atoms. The molecule has 0 aliphatic heterocycles. The van der Waals surface area contributed by atoms with E-state index < -0.39 is 0 Å². The fourth-order valence-corrected chi connectivity index (χ4v) is 2.57. The van der Waals surface area contributed by atoms with E-state index in [1.807, 2.05) is 19.2 Å². The quantitative estimate of drug-likeness (QED) is 0.904. The number of benzene rings is 1. The van der Waals surface area contributed by atoms with E-state index in [2.05, 4.69) is 56.8 Å². The Bertz CT molecular complexity index is 595. The molecule has 0 fully saturated rings. The molecule has 1 heterocycles. The van der Waals surface area contributed by atoms with Crippen molar-refractivity contribution in [1.82, 2.24) is 9.55 Å².